The minimum atomic E-state index is 0.151. The quantitative estimate of drug-likeness (QED) is 0.892. The number of aryl methyl sites for hydroxylation is 2. The van der Waals surface area contributed by atoms with Gasteiger partial charge in [-0.25, -0.2) is 0 Å². The molecule has 1 atom stereocenters. The van der Waals surface area contributed by atoms with Crippen molar-refractivity contribution < 1.29 is 9.15 Å². The molecule has 1 N–H and O–H groups in total. The Labute approximate surface area is 114 Å². The molecule has 19 heavy (non-hydrogen) atoms. The molecule has 0 aliphatic rings. The number of nitrogens with one attached hydrogen (secondary N) is 1. The number of benzene rings is 1. The van der Waals surface area contributed by atoms with E-state index in [4.69, 9.17) is 9.15 Å². The van der Waals surface area contributed by atoms with E-state index in [1.54, 1.807) is 13.4 Å². The van der Waals surface area contributed by atoms with Crippen LogP contribution in [-0.2, 0) is 6.42 Å². The zero-order valence-electron chi connectivity index (χ0n) is 12.0. The van der Waals surface area contributed by atoms with Gasteiger partial charge in [0.1, 0.15) is 11.5 Å². The molecule has 0 bridgehead atoms. The Morgan fingerprint density at radius 3 is 2.68 bits per heavy atom. The largest absolute Gasteiger partial charge is 0.496 e. The van der Waals surface area contributed by atoms with E-state index in [1.165, 1.54) is 11.1 Å². The second-order valence-corrected chi connectivity index (χ2v) is 4.60. The van der Waals surface area contributed by atoms with Gasteiger partial charge >= 0.3 is 0 Å². The van der Waals surface area contributed by atoms with Crippen LogP contribution < -0.4 is 10.1 Å². The number of furan rings is 1. The van der Waals surface area contributed by atoms with Gasteiger partial charge in [-0.15, -0.1) is 0 Å². The molecule has 1 aromatic carbocycles. The summed E-state index contributed by atoms with van der Waals surface area (Å²) in [4.78, 5) is 0. The maximum absolute atomic E-state index is 5.53. The fourth-order valence-corrected chi connectivity index (χ4v) is 2.48. The Hall–Kier alpha value is -1.74. The van der Waals surface area contributed by atoms with E-state index in [0.717, 1.165) is 23.5 Å². The lowest BCUT2D eigenvalue weighted by Crippen LogP contribution is -2.18. The fourth-order valence-electron chi connectivity index (χ4n) is 2.48. The molecule has 1 aromatic heterocycles. The van der Waals surface area contributed by atoms with Gasteiger partial charge in [-0.3, -0.25) is 0 Å². The van der Waals surface area contributed by atoms with E-state index in [1.807, 2.05) is 19.2 Å². The van der Waals surface area contributed by atoms with E-state index in [9.17, 15) is 0 Å². The third-order valence-corrected chi connectivity index (χ3v) is 3.45. The standard InChI is InChI=1S/C16H21NO2/c1-5-14-13(8-9-19-14)16(17-3)12-6-7-15(18-4)11(2)10-12/h6-10,16-17H,5H2,1-4H3. The number of methoxy groups -OCH3 is 1. The number of hydrogen-bond acceptors (Lipinski definition) is 3. The summed E-state index contributed by atoms with van der Waals surface area (Å²) in [5.41, 5.74) is 3.56. The summed E-state index contributed by atoms with van der Waals surface area (Å²) in [7, 11) is 3.67. The van der Waals surface area contributed by atoms with E-state index in [0.29, 0.717) is 0 Å². The maximum atomic E-state index is 5.53. The monoisotopic (exact) mass is 259 g/mol. The van der Waals surface area contributed by atoms with Gasteiger partial charge in [0, 0.05) is 12.0 Å². The number of hydrogen-bond donors (Lipinski definition) is 1. The van der Waals surface area contributed by atoms with E-state index in [2.05, 4.69) is 31.3 Å². The Balaban J connectivity index is 2.40. The lowest BCUT2D eigenvalue weighted by Gasteiger charge is -2.18. The van der Waals surface area contributed by atoms with E-state index >= 15 is 0 Å². The maximum Gasteiger partial charge on any atom is 0.121 e. The Bertz CT molecular complexity index is 545. The molecule has 0 radical (unpaired) electrons. The summed E-state index contributed by atoms with van der Waals surface area (Å²) in [5.74, 6) is 1.95. The van der Waals surface area contributed by atoms with Crippen molar-refractivity contribution in [3.63, 3.8) is 0 Å². The van der Waals surface area contributed by atoms with Gasteiger partial charge in [0.05, 0.1) is 19.4 Å². The van der Waals surface area contributed by atoms with Crippen LogP contribution >= 0.6 is 0 Å². The van der Waals surface area contributed by atoms with Gasteiger partial charge in [-0.05, 0) is 37.2 Å². The van der Waals surface area contributed by atoms with Crippen molar-refractivity contribution in [2.45, 2.75) is 26.3 Å². The smallest absolute Gasteiger partial charge is 0.121 e. The van der Waals surface area contributed by atoms with Crippen LogP contribution in [0.25, 0.3) is 0 Å². The Morgan fingerprint density at radius 2 is 2.11 bits per heavy atom. The molecule has 1 unspecified atom stereocenters. The van der Waals surface area contributed by atoms with Gasteiger partial charge in [-0.2, -0.15) is 0 Å². The van der Waals surface area contributed by atoms with Crippen molar-refractivity contribution in [1.29, 1.82) is 0 Å². The first kappa shape index (κ1) is 13.7. The summed E-state index contributed by atoms with van der Waals surface area (Å²) in [5, 5.41) is 3.36. The molecule has 0 amide bonds. The van der Waals surface area contributed by atoms with Crippen molar-refractivity contribution in [3.05, 3.63) is 53.0 Å². The predicted octanol–water partition coefficient (Wildman–Crippen LogP) is 3.47. The zero-order valence-corrected chi connectivity index (χ0v) is 12.0. The highest BCUT2D eigenvalue weighted by molar-refractivity contribution is 5.41. The van der Waals surface area contributed by atoms with Gasteiger partial charge in [-0.1, -0.05) is 19.1 Å². The first-order valence-electron chi connectivity index (χ1n) is 6.59. The van der Waals surface area contributed by atoms with Crippen LogP contribution in [0.2, 0.25) is 0 Å². The molecule has 2 rings (SSSR count). The highest BCUT2D eigenvalue weighted by Gasteiger charge is 2.18. The number of rotatable bonds is 5. The normalized spacial score (nSPS) is 12.4. The van der Waals surface area contributed by atoms with Crippen LogP contribution in [0.15, 0.2) is 34.9 Å². The van der Waals surface area contributed by atoms with E-state index < -0.39 is 0 Å². The van der Waals surface area contributed by atoms with Crippen LogP contribution in [0.3, 0.4) is 0 Å². The van der Waals surface area contributed by atoms with Crippen LogP contribution in [0.4, 0.5) is 0 Å². The van der Waals surface area contributed by atoms with Crippen molar-refractivity contribution >= 4 is 0 Å². The first-order chi connectivity index (χ1) is 9.21. The van der Waals surface area contributed by atoms with Crippen LogP contribution in [0.1, 0.15) is 35.4 Å². The molecule has 0 spiro atoms. The third kappa shape index (κ3) is 2.66. The average molecular weight is 259 g/mol. The van der Waals surface area contributed by atoms with E-state index in [-0.39, 0.29) is 6.04 Å². The van der Waals surface area contributed by atoms with Gasteiger partial charge < -0.3 is 14.5 Å². The van der Waals surface area contributed by atoms with Gasteiger partial charge in [0.25, 0.3) is 0 Å². The van der Waals surface area contributed by atoms with Crippen molar-refractivity contribution in [2.24, 2.45) is 0 Å². The lowest BCUT2D eigenvalue weighted by atomic mass is 9.97. The van der Waals surface area contributed by atoms with Crippen LogP contribution in [0.5, 0.6) is 5.75 Å². The summed E-state index contributed by atoms with van der Waals surface area (Å²) in [6.07, 6.45) is 2.66. The molecule has 102 valence electrons. The van der Waals surface area contributed by atoms with Gasteiger partial charge in [0.2, 0.25) is 0 Å². The molecule has 0 saturated carbocycles. The molecule has 3 heteroatoms. The minimum absolute atomic E-state index is 0.151. The highest BCUT2D eigenvalue weighted by atomic mass is 16.5. The molecular formula is C16H21NO2. The summed E-state index contributed by atoms with van der Waals surface area (Å²) in [6.45, 7) is 4.17. The number of ether oxygens (including phenoxy) is 1. The van der Waals surface area contributed by atoms with Crippen LogP contribution in [-0.4, -0.2) is 14.2 Å². The molecule has 1 heterocycles. The molecule has 0 fully saturated rings. The SMILES string of the molecule is CCc1occc1C(NC)c1ccc(OC)c(C)c1. The zero-order chi connectivity index (χ0) is 13.8. The van der Waals surface area contributed by atoms with Crippen molar-refractivity contribution in [3.8, 4) is 5.75 Å². The predicted molar refractivity (Wildman–Crippen MR) is 76.7 cm³/mol. The fraction of sp³-hybridized carbons (Fsp3) is 0.375. The van der Waals surface area contributed by atoms with Crippen LogP contribution in [0, 0.1) is 6.92 Å². The molecule has 0 aliphatic heterocycles. The van der Waals surface area contributed by atoms with Gasteiger partial charge in [0.15, 0.2) is 0 Å². The molecule has 0 saturated heterocycles. The molecule has 3 nitrogen and oxygen atoms in total. The molecule has 2 aromatic rings. The molecular weight excluding hydrogens is 238 g/mol. The summed E-state index contributed by atoms with van der Waals surface area (Å²) >= 11 is 0. The summed E-state index contributed by atoms with van der Waals surface area (Å²) in [6, 6.07) is 8.46. The lowest BCUT2D eigenvalue weighted by molar-refractivity contribution is 0.411. The third-order valence-electron chi connectivity index (χ3n) is 3.45. The first-order valence-corrected chi connectivity index (χ1v) is 6.59. The minimum Gasteiger partial charge on any atom is -0.496 e. The highest BCUT2D eigenvalue weighted by Crippen LogP contribution is 2.29. The molecule has 0 aliphatic carbocycles. The van der Waals surface area contributed by atoms with Crippen molar-refractivity contribution in [2.75, 3.05) is 14.2 Å². The second kappa shape index (κ2) is 5.93. The second-order valence-electron chi connectivity index (χ2n) is 4.60. The van der Waals surface area contributed by atoms with Crippen molar-refractivity contribution in [1.82, 2.24) is 5.32 Å². The Kier molecular flexibility index (Phi) is 4.27. The summed E-state index contributed by atoms with van der Waals surface area (Å²) < 4.78 is 10.8. The topological polar surface area (TPSA) is 34.4 Å². The average Bonchev–Trinajstić information content (AvgIpc) is 2.88. The Morgan fingerprint density at radius 1 is 1.32 bits per heavy atom.